The van der Waals surface area contributed by atoms with Crippen LogP contribution < -0.4 is 0 Å². The zero-order valence-electron chi connectivity index (χ0n) is 7.08. The van der Waals surface area contributed by atoms with Gasteiger partial charge in [-0.1, -0.05) is 30.2 Å². The molecule has 0 bridgehead atoms. The molecule has 13 heavy (non-hydrogen) atoms. The Morgan fingerprint density at radius 2 is 2.31 bits per heavy atom. The number of rotatable bonds is 0. The maximum atomic E-state index is 10.1. The van der Waals surface area contributed by atoms with Gasteiger partial charge in [-0.3, -0.25) is 4.79 Å². The Morgan fingerprint density at radius 3 is 3.15 bits per heavy atom. The van der Waals surface area contributed by atoms with Crippen molar-refractivity contribution >= 4 is 12.4 Å². The van der Waals surface area contributed by atoms with Crippen molar-refractivity contribution in [3.05, 3.63) is 41.0 Å². The lowest BCUT2D eigenvalue weighted by Crippen LogP contribution is -1.87. The van der Waals surface area contributed by atoms with Crippen LogP contribution in [0.15, 0.2) is 24.3 Å². The number of aldehydes is 1. The third-order valence-electron chi connectivity index (χ3n) is 2.10. The summed E-state index contributed by atoms with van der Waals surface area (Å²) >= 11 is 0. The summed E-state index contributed by atoms with van der Waals surface area (Å²) < 4.78 is 0. The number of fused-ring (bicyclic) bond motifs is 1. The number of hydrogen-bond donors (Lipinski definition) is 0. The maximum Gasteiger partial charge on any atom is 0.193 e. The highest BCUT2D eigenvalue weighted by Gasteiger charge is 2.07. The van der Waals surface area contributed by atoms with E-state index in [-0.39, 0.29) is 0 Å². The van der Waals surface area contributed by atoms with E-state index in [9.17, 15) is 4.79 Å². The number of carbonyl (C=O) groups is 1. The molecule has 1 aliphatic rings. The second-order valence-corrected chi connectivity index (χ2v) is 2.87. The van der Waals surface area contributed by atoms with Crippen LogP contribution in [0.2, 0.25) is 0 Å². The van der Waals surface area contributed by atoms with E-state index in [0.29, 0.717) is 6.29 Å². The summed E-state index contributed by atoms with van der Waals surface area (Å²) in [6, 6.07) is 5.97. The van der Waals surface area contributed by atoms with Gasteiger partial charge in [0, 0.05) is 5.56 Å². The molecule has 0 spiro atoms. The quantitative estimate of drug-likeness (QED) is 0.426. The summed E-state index contributed by atoms with van der Waals surface area (Å²) in [5.74, 6) is 5.27. The van der Waals surface area contributed by atoms with Gasteiger partial charge in [0.25, 0.3) is 0 Å². The molecule has 0 fully saturated rings. The van der Waals surface area contributed by atoms with Gasteiger partial charge in [-0.05, 0) is 29.5 Å². The van der Waals surface area contributed by atoms with E-state index < -0.39 is 0 Å². The summed E-state index contributed by atoms with van der Waals surface area (Å²) in [5, 5.41) is 0. The van der Waals surface area contributed by atoms with Crippen molar-refractivity contribution in [1.82, 2.24) is 0 Å². The van der Waals surface area contributed by atoms with Gasteiger partial charge in [-0.2, -0.15) is 0 Å². The minimum absolute atomic E-state index is 0.627. The molecule has 0 aromatic heterocycles. The van der Waals surface area contributed by atoms with E-state index in [4.69, 9.17) is 0 Å². The minimum atomic E-state index is 0.627. The average molecular weight is 168 g/mol. The van der Waals surface area contributed by atoms with E-state index in [1.165, 1.54) is 11.1 Å². The number of benzene rings is 1. The van der Waals surface area contributed by atoms with Gasteiger partial charge >= 0.3 is 0 Å². The molecule has 0 heterocycles. The lowest BCUT2D eigenvalue weighted by molar-refractivity contribution is -0.103. The largest absolute Gasteiger partial charge is 0.289 e. The van der Waals surface area contributed by atoms with Crippen LogP contribution in [0.3, 0.4) is 0 Å². The highest BCUT2D eigenvalue weighted by Crippen LogP contribution is 2.22. The number of allylic oxidation sites excluding steroid dienone is 1. The Hall–Kier alpha value is -1.81. The first-order valence-electron chi connectivity index (χ1n) is 4.15. The van der Waals surface area contributed by atoms with Gasteiger partial charge in [0.05, 0.1) is 0 Å². The molecule has 0 N–H and O–H groups in total. The van der Waals surface area contributed by atoms with Gasteiger partial charge in [0.1, 0.15) is 0 Å². The molecule has 0 saturated carbocycles. The van der Waals surface area contributed by atoms with E-state index in [1.807, 2.05) is 12.1 Å². The summed E-state index contributed by atoms with van der Waals surface area (Å²) in [6.07, 6.45) is 5.75. The average Bonchev–Trinajstić information content (AvgIpc) is 2.62. The van der Waals surface area contributed by atoms with E-state index in [2.05, 4.69) is 30.1 Å². The Labute approximate surface area is 77.1 Å². The van der Waals surface area contributed by atoms with Gasteiger partial charge in [0.15, 0.2) is 6.29 Å². The summed E-state index contributed by atoms with van der Waals surface area (Å²) in [5.41, 5.74) is 3.42. The van der Waals surface area contributed by atoms with Crippen molar-refractivity contribution in [1.29, 1.82) is 0 Å². The second-order valence-electron chi connectivity index (χ2n) is 2.87. The van der Waals surface area contributed by atoms with Crippen molar-refractivity contribution in [3.63, 3.8) is 0 Å². The van der Waals surface area contributed by atoms with Crippen LogP contribution in [0.1, 0.15) is 16.7 Å². The van der Waals surface area contributed by atoms with Crippen molar-refractivity contribution in [3.8, 4) is 11.8 Å². The van der Waals surface area contributed by atoms with Gasteiger partial charge in [-0.25, -0.2) is 0 Å². The molecule has 1 nitrogen and oxygen atoms in total. The third-order valence-corrected chi connectivity index (χ3v) is 2.10. The van der Waals surface area contributed by atoms with Crippen LogP contribution >= 0.6 is 0 Å². The highest BCUT2D eigenvalue weighted by molar-refractivity contribution is 5.75. The molecule has 0 radical (unpaired) electrons. The van der Waals surface area contributed by atoms with Crippen LogP contribution in [0.5, 0.6) is 0 Å². The molecule has 2 rings (SSSR count). The molecular weight excluding hydrogens is 160 g/mol. The Kier molecular flexibility index (Phi) is 1.97. The van der Waals surface area contributed by atoms with Crippen molar-refractivity contribution in [2.45, 2.75) is 6.42 Å². The topological polar surface area (TPSA) is 17.1 Å². The summed E-state index contributed by atoms with van der Waals surface area (Å²) in [4.78, 5) is 10.1. The monoisotopic (exact) mass is 168 g/mol. The molecule has 0 aliphatic heterocycles. The first-order valence-corrected chi connectivity index (χ1v) is 4.15. The Morgan fingerprint density at radius 1 is 1.38 bits per heavy atom. The fourth-order valence-corrected chi connectivity index (χ4v) is 1.52. The lowest BCUT2D eigenvalue weighted by Gasteiger charge is -2.00. The molecule has 0 amide bonds. The van der Waals surface area contributed by atoms with Crippen LogP contribution in [0.25, 0.3) is 6.08 Å². The van der Waals surface area contributed by atoms with Crippen LogP contribution in [0.4, 0.5) is 0 Å². The van der Waals surface area contributed by atoms with Crippen LogP contribution in [0, 0.1) is 11.8 Å². The first kappa shape index (κ1) is 7.82. The first-order chi connectivity index (χ1) is 6.42. The summed E-state index contributed by atoms with van der Waals surface area (Å²) in [6.45, 7) is 0. The predicted octanol–water partition coefficient (Wildman–Crippen LogP) is 1.81. The molecule has 1 heteroatoms. The highest BCUT2D eigenvalue weighted by atomic mass is 16.1. The molecule has 0 atom stereocenters. The minimum Gasteiger partial charge on any atom is -0.289 e. The molecule has 62 valence electrons. The van der Waals surface area contributed by atoms with Gasteiger partial charge < -0.3 is 0 Å². The fraction of sp³-hybridized carbons (Fsp3) is 0.0833. The molecule has 1 aromatic carbocycles. The zero-order chi connectivity index (χ0) is 9.10. The van der Waals surface area contributed by atoms with E-state index in [1.54, 1.807) is 0 Å². The second kappa shape index (κ2) is 3.28. The predicted molar refractivity (Wildman–Crippen MR) is 52.1 cm³/mol. The Bertz CT molecular complexity index is 430. The van der Waals surface area contributed by atoms with Crippen LogP contribution in [-0.2, 0) is 11.2 Å². The van der Waals surface area contributed by atoms with Crippen molar-refractivity contribution in [2.24, 2.45) is 0 Å². The molecular formula is C12H8O. The molecule has 0 saturated heterocycles. The molecule has 1 aromatic rings. The fourth-order valence-electron chi connectivity index (χ4n) is 1.52. The SMILES string of the molecule is O=CC#Cc1cccc2c1CC=C2. The third kappa shape index (κ3) is 1.39. The Balaban J connectivity index is 2.50. The van der Waals surface area contributed by atoms with E-state index in [0.717, 1.165) is 12.0 Å². The summed E-state index contributed by atoms with van der Waals surface area (Å²) in [7, 11) is 0. The van der Waals surface area contributed by atoms with Gasteiger partial charge in [-0.15, -0.1) is 0 Å². The lowest BCUT2D eigenvalue weighted by atomic mass is 10.0. The molecule has 0 unspecified atom stereocenters. The van der Waals surface area contributed by atoms with Crippen LogP contribution in [-0.4, -0.2) is 6.29 Å². The number of carbonyl (C=O) groups excluding carboxylic acids is 1. The number of hydrogen-bond acceptors (Lipinski definition) is 1. The smallest absolute Gasteiger partial charge is 0.193 e. The van der Waals surface area contributed by atoms with Gasteiger partial charge in [0.2, 0.25) is 0 Å². The van der Waals surface area contributed by atoms with Crippen molar-refractivity contribution in [2.75, 3.05) is 0 Å². The van der Waals surface area contributed by atoms with Crippen molar-refractivity contribution < 1.29 is 4.79 Å². The zero-order valence-corrected chi connectivity index (χ0v) is 7.08. The normalized spacial score (nSPS) is 11.7. The van der Waals surface area contributed by atoms with E-state index >= 15 is 0 Å². The maximum absolute atomic E-state index is 10.1. The standard InChI is InChI=1S/C12H8O/c13-9-3-7-11-5-1-4-10-6-2-8-12(10)11/h1-2,4-6,9H,8H2. The molecule has 1 aliphatic carbocycles.